The normalized spacial score (nSPS) is 11.2. The number of fused-ring (bicyclic) bond motifs is 1. The number of hydrogen-bond acceptors (Lipinski definition) is 2. The second-order valence-corrected chi connectivity index (χ2v) is 4.09. The summed E-state index contributed by atoms with van der Waals surface area (Å²) in [4.78, 5) is 4.57. The summed E-state index contributed by atoms with van der Waals surface area (Å²) in [6.45, 7) is 2.37. The molecule has 1 N–H and O–H groups in total. The number of aliphatic hydroxyl groups excluding tert-OH is 1. The van der Waals surface area contributed by atoms with Gasteiger partial charge in [-0.2, -0.15) is 0 Å². The lowest BCUT2D eigenvalue weighted by molar-refractivity contribution is 0.288. The summed E-state index contributed by atoms with van der Waals surface area (Å²) in [7, 11) is 2.06. The van der Waals surface area contributed by atoms with Crippen molar-refractivity contribution in [3.63, 3.8) is 0 Å². The van der Waals surface area contributed by atoms with Gasteiger partial charge < -0.3 is 9.67 Å². The molecule has 0 aliphatic rings. The number of hydrogen-bond donors (Lipinski definition) is 1. The zero-order valence-corrected chi connectivity index (χ0v) is 9.90. The number of imidazole rings is 1. The molecule has 0 saturated carbocycles. The third-order valence-corrected chi connectivity index (χ3v) is 2.98. The number of nitrogens with zero attached hydrogens (tertiary/aromatic N) is 2. The Hall–Kier alpha value is -1.35. The molecule has 0 bridgehead atoms. The maximum atomic E-state index is 8.82. The van der Waals surface area contributed by atoms with Crippen molar-refractivity contribution >= 4 is 11.0 Å². The molecule has 0 aliphatic heterocycles. The van der Waals surface area contributed by atoms with E-state index in [0.717, 1.165) is 30.6 Å². The Balaban J connectivity index is 2.40. The minimum absolute atomic E-state index is 0.254. The van der Waals surface area contributed by atoms with Crippen molar-refractivity contribution in [1.82, 2.24) is 9.55 Å². The molecule has 0 saturated heterocycles. The lowest BCUT2D eigenvalue weighted by Crippen LogP contribution is -1.95. The fraction of sp³-hybridized carbons (Fsp3) is 0.462. The molecule has 86 valence electrons. The van der Waals surface area contributed by atoms with E-state index in [9.17, 15) is 0 Å². The standard InChI is InChI=1S/C13H18N2O/c1-3-13-14-11-7-6-10(5-4-8-16)9-12(11)15(13)2/h6-7,9,16H,3-5,8H2,1-2H3. The van der Waals surface area contributed by atoms with Crippen LogP contribution in [0.1, 0.15) is 24.7 Å². The number of benzene rings is 1. The Morgan fingerprint density at radius 3 is 2.88 bits per heavy atom. The first-order valence-electron chi connectivity index (χ1n) is 5.81. The highest BCUT2D eigenvalue weighted by atomic mass is 16.2. The molecule has 1 aromatic carbocycles. The Morgan fingerprint density at radius 2 is 2.19 bits per heavy atom. The minimum Gasteiger partial charge on any atom is -0.396 e. The van der Waals surface area contributed by atoms with Gasteiger partial charge in [-0.25, -0.2) is 4.98 Å². The van der Waals surface area contributed by atoms with Crippen LogP contribution in [0, 0.1) is 0 Å². The highest BCUT2D eigenvalue weighted by molar-refractivity contribution is 5.76. The van der Waals surface area contributed by atoms with E-state index in [1.165, 1.54) is 11.1 Å². The molecule has 0 radical (unpaired) electrons. The van der Waals surface area contributed by atoms with E-state index < -0.39 is 0 Å². The van der Waals surface area contributed by atoms with E-state index in [-0.39, 0.29) is 6.61 Å². The van der Waals surface area contributed by atoms with Crippen LogP contribution in [-0.2, 0) is 19.9 Å². The second kappa shape index (κ2) is 4.66. The van der Waals surface area contributed by atoms with Gasteiger partial charge in [0.2, 0.25) is 0 Å². The van der Waals surface area contributed by atoms with Crippen LogP contribution in [0.5, 0.6) is 0 Å². The quantitative estimate of drug-likeness (QED) is 0.853. The second-order valence-electron chi connectivity index (χ2n) is 4.09. The molecule has 1 heterocycles. The molecule has 2 rings (SSSR count). The van der Waals surface area contributed by atoms with Gasteiger partial charge in [0, 0.05) is 20.1 Å². The molecule has 2 aromatic rings. The van der Waals surface area contributed by atoms with E-state index in [4.69, 9.17) is 5.11 Å². The number of aryl methyl sites for hydroxylation is 3. The largest absolute Gasteiger partial charge is 0.396 e. The van der Waals surface area contributed by atoms with Gasteiger partial charge in [-0.3, -0.25) is 0 Å². The molecule has 3 nitrogen and oxygen atoms in total. The Labute approximate surface area is 95.7 Å². The van der Waals surface area contributed by atoms with Crippen LogP contribution in [-0.4, -0.2) is 21.3 Å². The topological polar surface area (TPSA) is 38.1 Å². The van der Waals surface area contributed by atoms with Crippen molar-refractivity contribution in [1.29, 1.82) is 0 Å². The van der Waals surface area contributed by atoms with Gasteiger partial charge in [-0.05, 0) is 30.5 Å². The maximum absolute atomic E-state index is 8.82. The highest BCUT2D eigenvalue weighted by Gasteiger charge is 2.06. The lowest BCUT2D eigenvalue weighted by atomic mass is 10.1. The van der Waals surface area contributed by atoms with E-state index in [2.05, 4.69) is 41.7 Å². The van der Waals surface area contributed by atoms with Crippen LogP contribution < -0.4 is 0 Å². The molecular formula is C13H18N2O. The Kier molecular flexibility index (Phi) is 3.25. The number of rotatable bonds is 4. The predicted octanol–water partition coefficient (Wildman–Crippen LogP) is 2.06. The SMILES string of the molecule is CCc1nc2ccc(CCCO)cc2n1C. The molecule has 0 atom stereocenters. The van der Waals surface area contributed by atoms with Crippen LogP contribution >= 0.6 is 0 Å². The van der Waals surface area contributed by atoms with Crippen LogP contribution in [0.15, 0.2) is 18.2 Å². The molecule has 16 heavy (non-hydrogen) atoms. The monoisotopic (exact) mass is 218 g/mol. The van der Waals surface area contributed by atoms with E-state index >= 15 is 0 Å². The number of aliphatic hydroxyl groups is 1. The fourth-order valence-electron chi connectivity index (χ4n) is 2.04. The third-order valence-electron chi connectivity index (χ3n) is 2.98. The summed E-state index contributed by atoms with van der Waals surface area (Å²) in [6, 6.07) is 6.35. The fourth-order valence-corrected chi connectivity index (χ4v) is 2.04. The summed E-state index contributed by atoms with van der Waals surface area (Å²) < 4.78 is 2.15. The maximum Gasteiger partial charge on any atom is 0.109 e. The van der Waals surface area contributed by atoms with Gasteiger partial charge in [-0.1, -0.05) is 13.0 Å². The zero-order chi connectivity index (χ0) is 11.5. The van der Waals surface area contributed by atoms with Gasteiger partial charge in [0.15, 0.2) is 0 Å². The molecule has 0 aliphatic carbocycles. The molecule has 0 amide bonds. The summed E-state index contributed by atoms with van der Waals surface area (Å²) in [5.41, 5.74) is 3.52. The average Bonchev–Trinajstić information content (AvgIpc) is 2.63. The molecular weight excluding hydrogens is 200 g/mol. The van der Waals surface area contributed by atoms with Crippen LogP contribution in [0.2, 0.25) is 0 Å². The molecule has 3 heteroatoms. The van der Waals surface area contributed by atoms with Gasteiger partial charge in [0.05, 0.1) is 11.0 Å². The van der Waals surface area contributed by atoms with Gasteiger partial charge >= 0.3 is 0 Å². The van der Waals surface area contributed by atoms with Crippen LogP contribution in [0.4, 0.5) is 0 Å². The van der Waals surface area contributed by atoms with Gasteiger partial charge in [-0.15, -0.1) is 0 Å². The van der Waals surface area contributed by atoms with Crippen molar-refractivity contribution < 1.29 is 5.11 Å². The first-order valence-corrected chi connectivity index (χ1v) is 5.81. The molecule has 0 fully saturated rings. The Morgan fingerprint density at radius 1 is 1.38 bits per heavy atom. The lowest BCUT2D eigenvalue weighted by Gasteiger charge is -2.02. The first kappa shape index (κ1) is 11.1. The molecule has 0 unspecified atom stereocenters. The first-order chi connectivity index (χ1) is 7.76. The molecule has 0 spiro atoms. The zero-order valence-electron chi connectivity index (χ0n) is 9.90. The van der Waals surface area contributed by atoms with Crippen LogP contribution in [0.3, 0.4) is 0 Å². The number of aromatic nitrogens is 2. The summed E-state index contributed by atoms with van der Waals surface area (Å²) >= 11 is 0. The van der Waals surface area contributed by atoms with Crippen molar-refractivity contribution in [3.8, 4) is 0 Å². The van der Waals surface area contributed by atoms with Gasteiger partial charge in [0.25, 0.3) is 0 Å². The highest BCUT2D eigenvalue weighted by Crippen LogP contribution is 2.18. The third kappa shape index (κ3) is 1.95. The Bertz CT molecular complexity index is 488. The van der Waals surface area contributed by atoms with Gasteiger partial charge in [0.1, 0.15) is 5.82 Å². The summed E-state index contributed by atoms with van der Waals surface area (Å²) in [5.74, 6) is 1.12. The summed E-state index contributed by atoms with van der Waals surface area (Å²) in [6.07, 6.45) is 2.71. The predicted molar refractivity (Wildman–Crippen MR) is 65.5 cm³/mol. The van der Waals surface area contributed by atoms with Crippen molar-refractivity contribution in [2.75, 3.05) is 6.61 Å². The van der Waals surface area contributed by atoms with E-state index in [1.807, 2.05) is 0 Å². The van der Waals surface area contributed by atoms with Crippen molar-refractivity contribution in [2.24, 2.45) is 7.05 Å². The average molecular weight is 218 g/mol. The van der Waals surface area contributed by atoms with Crippen molar-refractivity contribution in [2.45, 2.75) is 26.2 Å². The molecule has 1 aromatic heterocycles. The summed E-state index contributed by atoms with van der Waals surface area (Å²) in [5, 5.41) is 8.82. The minimum atomic E-state index is 0.254. The smallest absolute Gasteiger partial charge is 0.109 e. The van der Waals surface area contributed by atoms with Crippen LogP contribution in [0.25, 0.3) is 11.0 Å². The van der Waals surface area contributed by atoms with E-state index in [0.29, 0.717) is 0 Å². The van der Waals surface area contributed by atoms with Crippen molar-refractivity contribution in [3.05, 3.63) is 29.6 Å². The van der Waals surface area contributed by atoms with E-state index in [1.54, 1.807) is 0 Å².